The van der Waals surface area contributed by atoms with Crippen molar-refractivity contribution in [3.05, 3.63) is 70.9 Å². The van der Waals surface area contributed by atoms with Crippen molar-refractivity contribution < 1.29 is 9.50 Å². The third-order valence-electron chi connectivity index (χ3n) is 4.08. The fourth-order valence-corrected chi connectivity index (χ4v) is 3.71. The number of thiophene rings is 1. The van der Waals surface area contributed by atoms with Gasteiger partial charge in [0.05, 0.1) is 0 Å². The molecule has 1 heterocycles. The van der Waals surface area contributed by atoms with Crippen LogP contribution >= 0.6 is 11.3 Å². The second kappa shape index (κ2) is 8.78. The molecule has 4 nitrogen and oxygen atoms in total. The Labute approximate surface area is 156 Å². The molecule has 0 saturated heterocycles. The van der Waals surface area contributed by atoms with Crippen LogP contribution in [0.3, 0.4) is 0 Å². The van der Waals surface area contributed by atoms with Gasteiger partial charge < -0.3 is 15.7 Å². The van der Waals surface area contributed by atoms with Crippen molar-refractivity contribution in [2.24, 2.45) is 4.99 Å². The van der Waals surface area contributed by atoms with E-state index < -0.39 is 6.10 Å². The minimum Gasteiger partial charge on any atom is -0.386 e. The highest BCUT2D eigenvalue weighted by molar-refractivity contribution is 7.19. The summed E-state index contributed by atoms with van der Waals surface area (Å²) in [5.74, 6) is 0.404. The van der Waals surface area contributed by atoms with Gasteiger partial charge in [-0.25, -0.2) is 4.39 Å². The first kappa shape index (κ1) is 18.4. The molecule has 1 atom stereocenters. The lowest BCUT2D eigenvalue weighted by Gasteiger charge is -2.14. The van der Waals surface area contributed by atoms with Crippen LogP contribution in [0.15, 0.2) is 59.6 Å². The van der Waals surface area contributed by atoms with Crippen LogP contribution in [0, 0.1) is 5.82 Å². The lowest BCUT2D eigenvalue weighted by Crippen LogP contribution is -2.40. The number of hydrogen-bond acceptors (Lipinski definition) is 3. The SMILES string of the molecule is CN=C(NCCc1ccc(F)cc1)NCC(O)c1cc2ccccc2s1. The monoisotopic (exact) mass is 371 g/mol. The number of guanidine groups is 1. The van der Waals surface area contributed by atoms with E-state index >= 15 is 0 Å². The van der Waals surface area contributed by atoms with E-state index in [0.717, 1.165) is 22.2 Å². The highest BCUT2D eigenvalue weighted by atomic mass is 32.1. The van der Waals surface area contributed by atoms with Crippen LogP contribution in [-0.4, -0.2) is 31.2 Å². The summed E-state index contributed by atoms with van der Waals surface area (Å²) in [7, 11) is 1.69. The Hall–Kier alpha value is -2.44. The van der Waals surface area contributed by atoms with Gasteiger partial charge in [-0.1, -0.05) is 30.3 Å². The summed E-state index contributed by atoms with van der Waals surface area (Å²) in [4.78, 5) is 5.10. The number of aliphatic hydroxyl groups is 1. The first-order valence-electron chi connectivity index (χ1n) is 8.51. The normalized spacial score (nSPS) is 13.0. The summed E-state index contributed by atoms with van der Waals surface area (Å²) in [6.07, 6.45) is 0.169. The average Bonchev–Trinajstić information content (AvgIpc) is 3.10. The van der Waals surface area contributed by atoms with Gasteiger partial charge in [0.1, 0.15) is 11.9 Å². The Balaban J connectivity index is 1.48. The largest absolute Gasteiger partial charge is 0.386 e. The molecule has 0 aliphatic heterocycles. The molecule has 0 spiro atoms. The standard InChI is InChI=1S/C20H22FN3OS/c1-22-20(23-11-10-14-6-8-16(21)9-7-14)24-13-17(25)19-12-15-4-2-3-5-18(15)26-19/h2-9,12,17,25H,10-11,13H2,1H3,(H2,22,23,24). The van der Waals surface area contributed by atoms with Gasteiger partial charge in [0.15, 0.2) is 5.96 Å². The Morgan fingerprint density at radius 3 is 2.65 bits per heavy atom. The Morgan fingerprint density at radius 2 is 1.92 bits per heavy atom. The molecule has 1 unspecified atom stereocenters. The lowest BCUT2D eigenvalue weighted by molar-refractivity contribution is 0.184. The van der Waals surface area contributed by atoms with Crippen molar-refractivity contribution >= 4 is 27.4 Å². The van der Waals surface area contributed by atoms with E-state index in [1.807, 2.05) is 24.3 Å². The van der Waals surface area contributed by atoms with Gasteiger partial charge in [-0.2, -0.15) is 0 Å². The van der Waals surface area contributed by atoms with Crippen molar-refractivity contribution in [2.75, 3.05) is 20.1 Å². The molecule has 136 valence electrons. The Kier molecular flexibility index (Phi) is 6.20. The summed E-state index contributed by atoms with van der Waals surface area (Å²) in [6, 6.07) is 16.6. The molecular formula is C20H22FN3OS. The zero-order valence-corrected chi connectivity index (χ0v) is 15.4. The quantitative estimate of drug-likeness (QED) is 0.459. The van der Waals surface area contributed by atoms with Crippen LogP contribution in [0.5, 0.6) is 0 Å². The van der Waals surface area contributed by atoms with E-state index in [9.17, 15) is 9.50 Å². The second-order valence-corrected chi connectivity index (χ2v) is 7.07. The highest BCUT2D eigenvalue weighted by Crippen LogP contribution is 2.29. The van der Waals surface area contributed by atoms with Crippen LogP contribution in [0.1, 0.15) is 16.5 Å². The van der Waals surface area contributed by atoms with Gasteiger partial charge in [-0.3, -0.25) is 4.99 Å². The van der Waals surface area contributed by atoms with Gasteiger partial charge in [0.25, 0.3) is 0 Å². The Morgan fingerprint density at radius 1 is 1.15 bits per heavy atom. The number of rotatable bonds is 6. The predicted octanol–water partition coefficient (Wildman–Crippen LogP) is 3.48. The van der Waals surface area contributed by atoms with Crippen LogP contribution in [0.4, 0.5) is 4.39 Å². The molecule has 2 aromatic carbocycles. The van der Waals surface area contributed by atoms with Crippen LogP contribution in [0.25, 0.3) is 10.1 Å². The smallest absolute Gasteiger partial charge is 0.191 e. The lowest BCUT2D eigenvalue weighted by atomic mass is 10.1. The summed E-state index contributed by atoms with van der Waals surface area (Å²) in [6.45, 7) is 1.05. The second-order valence-electron chi connectivity index (χ2n) is 5.96. The maximum absolute atomic E-state index is 12.9. The van der Waals surface area contributed by atoms with Gasteiger partial charge in [0.2, 0.25) is 0 Å². The summed E-state index contributed by atoms with van der Waals surface area (Å²) < 4.78 is 14.1. The molecule has 0 amide bonds. The highest BCUT2D eigenvalue weighted by Gasteiger charge is 2.12. The van der Waals surface area contributed by atoms with Crippen LogP contribution in [-0.2, 0) is 6.42 Å². The van der Waals surface area contributed by atoms with Gasteiger partial charge in [-0.05, 0) is 41.6 Å². The number of aliphatic hydroxyl groups excluding tert-OH is 1. The Bertz CT molecular complexity index is 843. The van der Waals surface area contributed by atoms with Crippen LogP contribution < -0.4 is 10.6 Å². The molecule has 0 fully saturated rings. The number of aliphatic imine (C=N–C) groups is 1. The van der Waals surface area contributed by atoms with Crippen LogP contribution in [0.2, 0.25) is 0 Å². The van der Waals surface area contributed by atoms with Crippen molar-refractivity contribution in [1.29, 1.82) is 0 Å². The third kappa shape index (κ3) is 4.80. The molecule has 3 rings (SSSR count). The number of nitrogens with one attached hydrogen (secondary N) is 2. The topological polar surface area (TPSA) is 56.7 Å². The molecule has 6 heteroatoms. The summed E-state index contributed by atoms with van der Waals surface area (Å²) in [5, 5.41) is 17.9. The zero-order chi connectivity index (χ0) is 18.4. The number of halogens is 1. The number of nitrogens with zero attached hydrogens (tertiary/aromatic N) is 1. The molecule has 0 radical (unpaired) electrons. The minimum atomic E-state index is -0.594. The number of hydrogen-bond donors (Lipinski definition) is 3. The molecule has 3 aromatic rings. The fraction of sp³-hybridized carbons (Fsp3) is 0.250. The van der Waals surface area contributed by atoms with E-state index in [-0.39, 0.29) is 5.82 Å². The molecule has 26 heavy (non-hydrogen) atoms. The van der Waals surface area contributed by atoms with Crippen molar-refractivity contribution in [3.8, 4) is 0 Å². The molecule has 0 aliphatic carbocycles. The van der Waals surface area contributed by atoms with Gasteiger partial charge in [0, 0.05) is 29.7 Å². The van der Waals surface area contributed by atoms with Crippen molar-refractivity contribution in [2.45, 2.75) is 12.5 Å². The maximum Gasteiger partial charge on any atom is 0.191 e. The van der Waals surface area contributed by atoms with Gasteiger partial charge in [-0.15, -0.1) is 11.3 Å². The molecular weight excluding hydrogens is 349 g/mol. The maximum atomic E-state index is 12.9. The molecule has 0 bridgehead atoms. The van der Waals surface area contributed by atoms with Crippen molar-refractivity contribution in [3.63, 3.8) is 0 Å². The molecule has 0 saturated carbocycles. The van der Waals surface area contributed by atoms with Gasteiger partial charge >= 0.3 is 0 Å². The first-order chi connectivity index (χ1) is 12.7. The van der Waals surface area contributed by atoms with Crippen molar-refractivity contribution in [1.82, 2.24) is 10.6 Å². The first-order valence-corrected chi connectivity index (χ1v) is 9.33. The van der Waals surface area contributed by atoms with E-state index in [1.165, 1.54) is 16.8 Å². The predicted molar refractivity (Wildman–Crippen MR) is 106 cm³/mol. The van der Waals surface area contributed by atoms with E-state index in [1.54, 1.807) is 30.5 Å². The van der Waals surface area contributed by atoms with E-state index in [2.05, 4.69) is 21.7 Å². The summed E-state index contributed by atoms with van der Waals surface area (Å²) >= 11 is 1.60. The van der Waals surface area contributed by atoms with E-state index in [4.69, 9.17) is 0 Å². The molecule has 3 N–H and O–H groups in total. The fourth-order valence-electron chi connectivity index (χ4n) is 2.66. The zero-order valence-electron chi connectivity index (χ0n) is 14.6. The average molecular weight is 371 g/mol. The molecule has 1 aromatic heterocycles. The minimum absolute atomic E-state index is 0.227. The number of benzene rings is 2. The summed E-state index contributed by atoms with van der Waals surface area (Å²) in [5.41, 5.74) is 1.06. The van der Waals surface area contributed by atoms with E-state index in [0.29, 0.717) is 19.0 Å². The number of fused-ring (bicyclic) bond motifs is 1. The molecule has 0 aliphatic rings. The third-order valence-corrected chi connectivity index (χ3v) is 5.30.